The molecule has 6 rings (SSSR count). The maximum Gasteiger partial charge on any atom is 0.308 e. The summed E-state index contributed by atoms with van der Waals surface area (Å²) in [5.41, 5.74) is 5.84. The van der Waals surface area contributed by atoms with Crippen molar-refractivity contribution in [3.05, 3.63) is 87.3 Å². The molecule has 0 bridgehead atoms. The Bertz CT molecular complexity index is 1930. The number of rotatable bonds is 7. The van der Waals surface area contributed by atoms with Gasteiger partial charge >= 0.3 is 5.97 Å². The molecule has 4 aromatic rings. The number of aryl methyl sites for hydroxylation is 2. The number of nitrogens with zero attached hydrogens (tertiary/aromatic N) is 5. The zero-order valence-electron chi connectivity index (χ0n) is 29.5. The number of thiophene rings is 1. The molecule has 49 heavy (non-hydrogen) atoms. The van der Waals surface area contributed by atoms with Crippen LogP contribution in [0.4, 0.5) is 0 Å². The Balaban J connectivity index is 1.26. The van der Waals surface area contributed by atoms with E-state index in [2.05, 4.69) is 36.3 Å². The lowest BCUT2D eigenvalue weighted by molar-refractivity contribution is -0.141. The van der Waals surface area contributed by atoms with E-state index in [9.17, 15) is 14.4 Å². The first kappa shape index (κ1) is 34.2. The Morgan fingerprint density at radius 1 is 0.980 bits per heavy atom. The van der Waals surface area contributed by atoms with Gasteiger partial charge in [-0.2, -0.15) is 0 Å². The highest BCUT2D eigenvalue weighted by molar-refractivity contribution is 7.15. The van der Waals surface area contributed by atoms with Crippen LogP contribution >= 0.6 is 11.3 Å². The number of esters is 1. The Kier molecular flexibility index (Phi) is 9.32. The van der Waals surface area contributed by atoms with Gasteiger partial charge < -0.3 is 15.0 Å². The van der Waals surface area contributed by atoms with Crippen LogP contribution in [0.2, 0.25) is 0 Å². The molecule has 3 atom stereocenters. The molecule has 3 unspecified atom stereocenters. The largest absolute Gasteiger partial charge is 0.469 e. The summed E-state index contributed by atoms with van der Waals surface area (Å²) in [7, 11) is 1.38. The lowest BCUT2D eigenvalue weighted by atomic mass is 9.85. The van der Waals surface area contributed by atoms with Crippen molar-refractivity contribution >= 4 is 34.8 Å². The molecule has 0 saturated carbocycles. The predicted octanol–water partition coefficient (Wildman–Crippen LogP) is 6.53. The SMILES string of the molecule is COC(=O)CC1N=C(c2ccc(-c3ccc(C(=O)NC(C(=O)N4CCCC4C)C(C)(C)C)cc3)cc2)c2c(sc(C)c2C)-n2c(C)nnc21. The first-order valence-corrected chi connectivity index (χ1v) is 17.6. The first-order chi connectivity index (χ1) is 23.3. The summed E-state index contributed by atoms with van der Waals surface area (Å²) in [6.07, 6.45) is 2.02. The molecule has 1 saturated heterocycles. The summed E-state index contributed by atoms with van der Waals surface area (Å²) in [6, 6.07) is 14.6. The standard InChI is InChI=1S/C38H44N6O4S/c1-21-10-9-19-43(21)36(47)33(38(5,6)7)40-35(46)28-17-13-26(14-18-28)25-11-15-27(16-12-25)32-31-22(2)23(3)49-37(31)44-24(4)41-42-34(44)29(39-32)20-30(45)48-8/h11-18,21,29,33H,9-10,19-20H2,1-8H3,(H,40,46). The second kappa shape index (κ2) is 13.3. The number of methoxy groups -OCH3 is 1. The van der Waals surface area contributed by atoms with Gasteiger partial charge in [-0.05, 0) is 74.8 Å². The van der Waals surface area contributed by atoms with Crippen molar-refractivity contribution in [3.63, 3.8) is 0 Å². The van der Waals surface area contributed by atoms with Crippen molar-refractivity contribution in [1.29, 1.82) is 0 Å². The first-order valence-electron chi connectivity index (χ1n) is 16.8. The van der Waals surface area contributed by atoms with Crippen LogP contribution in [-0.4, -0.2) is 68.9 Å². The number of aromatic nitrogens is 3. The zero-order valence-corrected chi connectivity index (χ0v) is 30.3. The highest BCUT2D eigenvalue weighted by atomic mass is 32.1. The summed E-state index contributed by atoms with van der Waals surface area (Å²) in [5.74, 6) is 0.696. The van der Waals surface area contributed by atoms with Crippen LogP contribution in [0.25, 0.3) is 16.1 Å². The van der Waals surface area contributed by atoms with Crippen LogP contribution in [0.3, 0.4) is 0 Å². The van der Waals surface area contributed by atoms with Gasteiger partial charge in [0.2, 0.25) is 5.91 Å². The predicted molar refractivity (Wildman–Crippen MR) is 191 cm³/mol. The minimum absolute atomic E-state index is 0.0194. The molecule has 10 nitrogen and oxygen atoms in total. The molecule has 2 aliphatic heterocycles. The molecule has 0 spiro atoms. The quantitative estimate of drug-likeness (QED) is 0.222. The molecule has 4 heterocycles. The number of aliphatic imine (C=N–C) groups is 1. The molecular formula is C38H44N6O4S. The lowest BCUT2D eigenvalue weighted by Gasteiger charge is -2.35. The molecule has 1 N–H and O–H groups in total. The number of amides is 2. The minimum Gasteiger partial charge on any atom is -0.469 e. The second-order valence-corrected chi connectivity index (χ2v) is 15.3. The van der Waals surface area contributed by atoms with Crippen molar-refractivity contribution in [2.45, 2.75) is 85.9 Å². The van der Waals surface area contributed by atoms with Gasteiger partial charge in [0.05, 0.1) is 19.2 Å². The van der Waals surface area contributed by atoms with Gasteiger partial charge in [-0.15, -0.1) is 21.5 Å². The van der Waals surface area contributed by atoms with E-state index in [0.717, 1.165) is 63.7 Å². The van der Waals surface area contributed by atoms with Gasteiger partial charge in [0, 0.05) is 34.2 Å². The van der Waals surface area contributed by atoms with E-state index in [-0.39, 0.29) is 30.2 Å². The number of likely N-dealkylation sites (tertiary alicyclic amines) is 1. The Morgan fingerprint density at radius 2 is 1.61 bits per heavy atom. The van der Waals surface area contributed by atoms with Gasteiger partial charge in [0.25, 0.3) is 5.91 Å². The molecule has 2 aromatic carbocycles. The normalized spacial score (nSPS) is 17.9. The van der Waals surface area contributed by atoms with Crippen LogP contribution in [0.15, 0.2) is 53.5 Å². The Labute approximate surface area is 291 Å². The third-order valence-electron chi connectivity index (χ3n) is 9.69. The third-order valence-corrected chi connectivity index (χ3v) is 10.9. The topological polar surface area (TPSA) is 119 Å². The van der Waals surface area contributed by atoms with Gasteiger partial charge in [-0.1, -0.05) is 57.2 Å². The van der Waals surface area contributed by atoms with Gasteiger partial charge in [0.15, 0.2) is 5.82 Å². The van der Waals surface area contributed by atoms with E-state index in [4.69, 9.17) is 9.73 Å². The number of hydrogen-bond acceptors (Lipinski definition) is 8. The van der Waals surface area contributed by atoms with Crippen molar-refractivity contribution in [1.82, 2.24) is 25.0 Å². The highest BCUT2D eigenvalue weighted by Crippen LogP contribution is 2.40. The highest BCUT2D eigenvalue weighted by Gasteiger charge is 2.39. The fourth-order valence-corrected chi connectivity index (χ4v) is 7.90. The Hall–Kier alpha value is -4.64. The summed E-state index contributed by atoms with van der Waals surface area (Å²) in [6.45, 7) is 14.9. The van der Waals surface area contributed by atoms with E-state index in [0.29, 0.717) is 11.4 Å². The molecule has 256 valence electrons. The molecule has 0 radical (unpaired) electrons. The average Bonchev–Trinajstić information content (AvgIpc) is 3.74. The number of hydrogen-bond donors (Lipinski definition) is 1. The number of benzene rings is 2. The minimum atomic E-state index is -0.623. The maximum absolute atomic E-state index is 13.5. The molecule has 2 amide bonds. The zero-order chi connectivity index (χ0) is 35.2. The number of carbonyl (C=O) groups excluding carboxylic acids is 3. The van der Waals surface area contributed by atoms with Gasteiger partial charge in [-0.25, -0.2) is 0 Å². The maximum atomic E-state index is 13.5. The Morgan fingerprint density at radius 3 is 2.20 bits per heavy atom. The molecule has 2 aromatic heterocycles. The van der Waals surface area contributed by atoms with E-state index in [1.54, 1.807) is 23.5 Å². The lowest BCUT2D eigenvalue weighted by Crippen LogP contribution is -2.55. The summed E-state index contributed by atoms with van der Waals surface area (Å²) in [5, 5.41) is 12.8. The van der Waals surface area contributed by atoms with Crippen molar-refractivity contribution in [3.8, 4) is 16.1 Å². The van der Waals surface area contributed by atoms with Gasteiger partial charge in [0.1, 0.15) is 22.9 Å². The van der Waals surface area contributed by atoms with E-state index in [1.807, 2.05) is 73.6 Å². The van der Waals surface area contributed by atoms with Crippen LogP contribution in [0.1, 0.15) is 96.6 Å². The van der Waals surface area contributed by atoms with Crippen LogP contribution in [-0.2, 0) is 14.3 Å². The molecule has 2 aliphatic rings. The number of fused-ring (bicyclic) bond motifs is 3. The molecule has 0 aliphatic carbocycles. The summed E-state index contributed by atoms with van der Waals surface area (Å²) >= 11 is 1.67. The second-order valence-electron chi connectivity index (χ2n) is 14.1. The van der Waals surface area contributed by atoms with Crippen LogP contribution in [0.5, 0.6) is 0 Å². The van der Waals surface area contributed by atoms with Gasteiger partial charge in [-0.3, -0.25) is 23.9 Å². The molecule has 11 heteroatoms. The summed E-state index contributed by atoms with van der Waals surface area (Å²) < 4.78 is 7.03. The average molecular weight is 681 g/mol. The smallest absolute Gasteiger partial charge is 0.308 e. The fraction of sp³-hybridized carbons (Fsp3) is 0.421. The fourth-order valence-electron chi connectivity index (χ4n) is 6.69. The van der Waals surface area contributed by atoms with E-state index in [1.165, 1.54) is 12.0 Å². The van der Waals surface area contributed by atoms with Crippen molar-refractivity contribution in [2.24, 2.45) is 10.4 Å². The third kappa shape index (κ3) is 6.56. The summed E-state index contributed by atoms with van der Waals surface area (Å²) in [4.78, 5) is 47.5. The van der Waals surface area contributed by atoms with Crippen LogP contribution < -0.4 is 5.32 Å². The van der Waals surface area contributed by atoms with E-state index < -0.39 is 17.5 Å². The molecular weight excluding hydrogens is 637 g/mol. The molecule has 1 fully saturated rings. The number of ether oxygens (including phenoxy) is 1. The number of carbonyl (C=O) groups is 3. The number of nitrogens with one attached hydrogen (secondary N) is 1. The van der Waals surface area contributed by atoms with Crippen molar-refractivity contribution in [2.75, 3.05) is 13.7 Å². The monoisotopic (exact) mass is 680 g/mol. The van der Waals surface area contributed by atoms with E-state index >= 15 is 0 Å². The van der Waals surface area contributed by atoms with Crippen LogP contribution in [0, 0.1) is 26.2 Å². The van der Waals surface area contributed by atoms with Crippen molar-refractivity contribution < 1.29 is 19.1 Å².